The average Bonchev–Trinajstić information content (AvgIpc) is 3.19. The largest absolute Gasteiger partial charge is 0.444 e. The van der Waals surface area contributed by atoms with Crippen LogP contribution in [-0.4, -0.2) is 16.8 Å². The summed E-state index contributed by atoms with van der Waals surface area (Å²) in [6.45, 7) is 0. The highest BCUT2D eigenvalue weighted by Crippen LogP contribution is 2.18. The van der Waals surface area contributed by atoms with Crippen molar-refractivity contribution in [2.24, 2.45) is 0 Å². The van der Waals surface area contributed by atoms with Gasteiger partial charge in [0, 0.05) is 22.8 Å². The van der Waals surface area contributed by atoms with Gasteiger partial charge in [-0.15, -0.1) is 11.3 Å². The first-order valence-electron chi connectivity index (χ1n) is 6.49. The Balaban J connectivity index is 1.72. The van der Waals surface area contributed by atoms with Crippen molar-refractivity contribution in [3.8, 4) is 0 Å². The first-order valence-corrected chi connectivity index (χ1v) is 8.17. The molecular weight excluding hydrogens is 382 g/mol. The fraction of sp³-hybridized carbons (Fsp3) is 0. The number of nitrogens with zero attached hydrogens (tertiary/aromatic N) is 1. The highest BCUT2D eigenvalue weighted by molar-refractivity contribution is 9.10. The summed E-state index contributed by atoms with van der Waals surface area (Å²) in [7, 11) is 0. The maximum Gasteiger partial charge on any atom is 0.291 e. The summed E-state index contributed by atoms with van der Waals surface area (Å²) >= 11 is 4.47. The molecule has 0 bridgehead atoms. The van der Waals surface area contributed by atoms with Crippen molar-refractivity contribution >= 4 is 49.9 Å². The van der Waals surface area contributed by atoms with Crippen LogP contribution >= 0.6 is 27.3 Å². The quantitative estimate of drug-likeness (QED) is 0.703. The van der Waals surface area contributed by atoms with E-state index < -0.39 is 5.91 Å². The van der Waals surface area contributed by atoms with Crippen LogP contribution in [0.15, 0.2) is 57.1 Å². The normalized spacial score (nSPS) is 10.3. The fourth-order valence-corrected chi connectivity index (χ4v) is 2.65. The van der Waals surface area contributed by atoms with Crippen molar-refractivity contribution in [1.82, 2.24) is 4.98 Å². The molecule has 23 heavy (non-hydrogen) atoms. The number of anilines is 2. The Morgan fingerprint density at radius 1 is 1.13 bits per heavy atom. The van der Waals surface area contributed by atoms with Crippen LogP contribution in [0.25, 0.3) is 0 Å². The van der Waals surface area contributed by atoms with Crippen molar-refractivity contribution in [3.63, 3.8) is 0 Å². The predicted molar refractivity (Wildman–Crippen MR) is 90.9 cm³/mol. The summed E-state index contributed by atoms with van der Waals surface area (Å²) in [5.74, 6) is -0.514. The van der Waals surface area contributed by atoms with Crippen molar-refractivity contribution in [2.45, 2.75) is 0 Å². The van der Waals surface area contributed by atoms with E-state index in [1.807, 2.05) is 0 Å². The summed E-state index contributed by atoms with van der Waals surface area (Å²) in [5, 5.41) is 7.65. The van der Waals surface area contributed by atoms with E-state index in [1.54, 1.807) is 48.0 Å². The topological polar surface area (TPSA) is 84.2 Å². The summed E-state index contributed by atoms with van der Waals surface area (Å²) in [6.07, 6.45) is 1.61. The number of carbonyl (C=O) groups excluding carboxylic acids is 2. The number of benzene rings is 1. The number of furan rings is 1. The van der Waals surface area contributed by atoms with E-state index in [1.165, 1.54) is 11.3 Å². The molecule has 0 aliphatic heterocycles. The molecule has 3 rings (SSSR count). The Hall–Kier alpha value is -2.45. The molecule has 0 atom stereocenters. The van der Waals surface area contributed by atoms with E-state index in [9.17, 15) is 9.59 Å². The van der Waals surface area contributed by atoms with Crippen LogP contribution in [0.2, 0.25) is 0 Å². The van der Waals surface area contributed by atoms with E-state index in [0.717, 1.165) is 0 Å². The molecule has 6 nitrogen and oxygen atoms in total. The Labute approximate surface area is 143 Å². The van der Waals surface area contributed by atoms with Crippen molar-refractivity contribution in [3.05, 3.63) is 64.0 Å². The number of hydrogen-bond donors (Lipinski definition) is 2. The number of carbonyl (C=O) groups is 2. The van der Waals surface area contributed by atoms with Gasteiger partial charge in [-0.25, -0.2) is 4.98 Å². The zero-order chi connectivity index (χ0) is 16.2. The Kier molecular flexibility index (Phi) is 4.54. The van der Waals surface area contributed by atoms with E-state index in [0.29, 0.717) is 21.1 Å². The lowest BCUT2D eigenvalue weighted by molar-refractivity contribution is 0.0992. The number of amides is 2. The minimum Gasteiger partial charge on any atom is -0.444 e. The standard InChI is InChI=1S/C15H10BrN3O3S/c16-12-5-4-11(22-12)14(21)18-10-3-1-2-9(8-10)13(20)19-15-17-6-7-23-15/h1-8H,(H,18,21)(H,17,19,20). The first kappa shape index (κ1) is 15.4. The third-order valence-electron chi connectivity index (χ3n) is 2.83. The molecule has 0 aliphatic rings. The van der Waals surface area contributed by atoms with Gasteiger partial charge < -0.3 is 9.73 Å². The molecule has 0 spiro atoms. The molecule has 0 radical (unpaired) electrons. The Morgan fingerprint density at radius 3 is 2.70 bits per heavy atom. The van der Waals surface area contributed by atoms with Crippen molar-refractivity contribution < 1.29 is 14.0 Å². The lowest BCUT2D eigenvalue weighted by Gasteiger charge is -2.06. The number of halogens is 1. The van der Waals surface area contributed by atoms with Crippen LogP contribution in [0, 0.1) is 0 Å². The van der Waals surface area contributed by atoms with Gasteiger partial charge in [0.25, 0.3) is 11.8 Å². The molecule has 0 fully saturated rings. The molecule has 2 amide bonds. The summed E-state index contributed by atoms with van der Waals surface area (Å²) in [6, 6.07) is 9.80. The number of rotatable bonds is 4. The molecule has 0 unspecified atom stereocenters. The Bertz CT molecular complexity index is 845. The molecule has 0 aliphatic carbocycles. The van der Waals surface area contributed by atoms with Gasteiger partial charge in [-0.05, 0) is 46.3 Å². The van der Waals surface area contributed by atoms with Crippen LogP contribution in [0.5, 0.6) is 0 Å². The molecule has 0 saturated carbocycles. The summed E-state index contributed by atoms with van der Waals surface area (Å²) < 4.78 is 5.66. The predicted octanol–water partition coefficient (Wildman–Crippen LogP) is 4.00. The van der Waals surface area contributed by atoms with Crippen molar-refractivity contribution in [2.75, 3.05) is 10.6 Å². The highest BCUT2D eigenvalue weighted by Gasteiger charge is 2.12. The molecule has 1 aromatic carbocycles. The SMILES string of the molecule is O=C(Nc1nccs1)c1cccc(NC(=O)c2ccc(Br)o2)c1. The maximum atomic E-state index is 12.1. The van der Waals surface area contributed by atoms with Gasteiger partial charge in [0.15, 0.2) is 15.6 Å². The third-order valence-corrected chi connectivity index (χ3v) is 3.95. The lowest BCUT2D eigenvalue weighted by atomic mass is 10.2. The first-order chi connectivity index (χ1) is 11.1. The van der Waals surface area contributed by atoms with Crippen LogP contribution in [-0.2, 0) is 0 Å². The summed E-state index contributed by atoms with van der Waals surface area (Å²) in [4.78, 5) is 28.2. The third kappa shape index (κ3) is 3.85. The maximum absolute atomic E-state index is 12.1. The van der Waals surface area contributed by atoms with Crippen LogP contribution < -0.4 is 10.6 Å². The van der Waals surface area contributed by atoms with Crippen LogP contribution in [0.1, 0.15) is 20.9 Å². The molecular formula is C15H10BrN3O3S. The zero-order valence-electron chi connectivity index (χ0n) is 11.6. The van der Waals surface area contributed by atoms with E-state index >= 15 is 0 Å². The molecule has 8 heteroatoms. The minimum atomic E-state index is -0.395. The zero-order valence-corrected chi connectivity index (χ0v) is 14.0. The number of nitrogens with one attached hydrogen (secondary N) is 2. The molecule has 0 saturated heterocycles. The van der Waals surface area contributed by atoms with E-state index in [-0.39, 0.29) is 11.7 Å². The van der Waals surface area contributed by atoms with Gasteiger partial charge in [0.05, 0.1) is 0 Å². The van der Waals surface area contributed by atoms with Crippen LogP contribution in [0.3, 0.4) is 0 Å². The molecule has 116 valence electrons. The Morgan fingerprint density at radius 2 is 2.00 bits per heavy atom. The molecule has 2 heterocycles. The number of hydrogen-bond acceptors (Lipinski definition) is 5. The number of aromatic nitrogens is 1. The van der Waals surface area contributed by atoms with Gasteiger partial charge in [0.2, 0.25) is 0 Å². The van der Waals surface area contributed by atoms with Gasteiger partial charge >= 0.3 is 0 Å². The second-order valence-electron chi connectivity index (χ2n) is 4.43. The van der Waals surface area contributed by atoms with Crippen LogP contribution in [0.4, 0.5) is 10.8 Å². The molecule has 3 aromatic rings. The van der Waals surface area contributed by atoms with Gasteiger partial charge in [-0.1, -0.05) is 6.07 Å². The molecule has 2 aromatic heterocycles. The van der Waals surface area contributed by atoms with Gasteiger partial charge in [-0.2, -0.15) is 0 Å². The lowest BCUT2D eigenvalue weighted by Crippen LogP contribution is -2.14. The van der Waals surface area contributed by atoms with Crippen molar-refractivity contribution in [1.29, 1.82) is 0 Å². The molecule has 2 N–H and O–H groups in total. The summed E-state index contributed by atoms with van der Waals surface area (Å²) in [5.41, 5.74) is 0.910. The fourth-order valence-electron chi connectivity index (χ4n) is 1.82. The van der Waals surface area contributed by atoms with Gasteiger partial charge in [-0.3, -0.25) is 14.9 Å². The monoisotopic (exact) mass is 391 g/mol. The van der Waals surface area contributed by atoms with Gasteiger partial charge in [0.1, 0.15) is 0 Å². The smallest absolute Gasteiger partial charge is 0.291 e. The highest BCUT2D eigenvalue weighted by atomic mass is 79.9. The second kappa shape index (κ2) is 6.76. The minimum absolute atomic E-state index is 0.175. The average molecular weight is 392 g/mol. The van der Waals surface area contributed by atoms with E-state index in [4.69, 9.17) is 4.42 Å². The second-order valence-corrected chi connectivity index (χ2v) is 6.11. The van der Waals surface area contributed by atoms with E-state index in [2.05, 4.69) is 31.5 Å². The number of thiazole rings is 1.